The van der Waals surface area contributed by atoms with Crippen LogP contribution in [0.5, 0.6) is 0 Å². The first-order chi connectivity index (χ1) is 12.0. The molecule has 1 heterocycles. The van der Waals surface area contributed by atoms with Crippen LogP contribution < -0.4 is 0 Å². The number of nitrogens with zero attached hydrogens (tertiary/aromatic N) is 2. The van der Waals surface area contributed by atoms with Gasteiger partial charge in [0.25, 0.3) is 0 Å². The lowest BCUT2D eigenvalue weighted by molar-refractivity contribution is 0.0124. The van der Waals surface area contributed by atoms with Crippen molar-refractivity contribution in [3.05, 3.63) is 54.1 Å². The summed E-state index contributed by atoms with van der Waals surface area (Å²) >= 11 is 0. The van der Waals surface area contributed by atoms with Crippen molar-refractivity contribution in [2.75, 3.05) is 13.2 Å². The predicted molar refractivity (Wildman–Crippen MR) is 90.3 cm³/mol. The van der Waals surface area contributed by atoms with Crippen LogP contribution >= 0.6 is 0 Å². The SMILES string of the molecule is CC(C)OC(=O)OCCOC(=O)c1cncn1C(C)c1ccccc1. The van der Waals surface area contributed by atoms with Gasteiger partial charge in [0.15, 0.2) is 0 Å². The number of hydrogen-bond donors (Lipinski definition) is 0. The Morgan fingerprint density at radius 2 is 1.76 bits per heavy atom. The summed E-state index contributed by atoms with van der Waals surface area (Å²) in [4.78, 5) is 27.5. The van der Waals surface area contributed by atoms with Gasteiger partial charge < -0.3 is 18.8 Å². The minimum Gasteiger partial charge on any atom is -0.457 e. The molecular formula is C18H22N2O5. The highest BCUT2D eigenvalue weighted by atomic mass is 16.7. The molecule has 0 aliphatic rings. The number of esters is 1. The van der Waals surface area contributed by atoms with E-state index in [1.54, 1.807) is 24.7 Å². The highest BCUT2D eigenvalue weighted by Crippen LogP contribution is 2.19. The van der Waals surface area contributed by atoms with Crippen molar-refractivity contribution in [3.63, 3.8) is 0 Å². The maximum atomic E-state index is 12.2. The van der Waals surface area contributed by atoms with Crippen LogP contribution in [0.2, 0.25) is 0 Å². The summed E-state index contributed by atoms with van der Waals surface area (Å²) in [6.07, 6.45) is 2.00. The average Bonchev–Trinajstić information content (AvgIpc) is 3.08. The zero-order valence-corrected chi connectivity index (χ0v) is 14.5. The Balaban J connectivity index is 1.89. The molecule has 0 aliphatic heterocycles. The van der Waals surface area contributed by atoms with Gasteiger partial charge in [0.05, 0.1) is 24.7 Å². The third kappa shape index (κ3) is 5.34. The van der Waals surface area contributed by atoms with Gasteiger partial charge in [-0.15, -0.1) is 0 Å². The molecular weight excluding hydrogens is 324 g/mol. The van der Waals surface area contributed by atoms with Crippen LogP contribution in [0, 0.1) is 0 Å². The van der Waals surface area contributed by atoms with E-state index in [1.807, 2.05) is 37.3 Å². The molecule has 0 fully saturated rings. The Bertz CT molecular complexity index is 697. The Labute approximate surface area is 146 Å². The molecule has 134 valence electrons. The summed E-state index contributed by atoms with van der Waals surface area (Å²) in [7, 11) is 0. The number of carbonyl (C=O) groups excluding carboxylic acids is 2. The van der Waals surface area contributed by atoms with Gasteiger partial charge in [-0.3, -0.25) is 0 Å². The monoisotopic (exact) mass is 346 g/mol. The molecule has 0 spiro atoms. The molecule has 1 aromatic heterocycles. The van der Waals surface area contributed by atoms with Crippen molar-refractivity contribution in [1.29, 1.82) is 0 Å². The minimum atomic E-state index is -0.784. The van der Waals surface area contributed by atoms with E-state index in [0.29, 0.717) is 5.69 Å². The van der Waals surface area contributed by atoms with Crippen LogP contribution in [0.15, 0.2) is 42.9 Å². The first kappa shape index (κ1) is 18.5. The van der Waals surface area contributed by atoms with Gasteiger partial charge in [-0.1, -0.05) is 30.3 Å². The maximum absolute atomic E-state index is 12.2. The normalized spacial score (nSPS) is 11.8. The molecule has 7 heteroatoms. The second kappa shape index (κ2) is 8.86. The van der Waals surface area contributed by atoms with E-state index in [0.717, 1.165) is 5.56 Å². The molecule has 0 saturated heterocycles. The van der Waals surface area contributed by atoms with E-state index in [1.165, 1.54) is 6.20 Å². The van der Waals surface area contributed by atoms with Gasteiger partial charge in [-0.05, 0) is 26.3 Å². The van der Waals surface area contributed by atoms with E-state index in [-0.39, 0.29) is 25.4 Å². The molecule has 0 aliphatic carbocycles. The van der Waals surface area contributed by atoms with Crippen molar-refractivity contribution in [2.24, 2.45) is 0 Å². The molecule has 0 saturated carbocycles. The lowest BCUT2D eigenvalue weighted by Gasteiger charge is -2.16. The van der Waals surface area contributed by atoms with Gasteiger partial charge in [0, 0.05) is 0 Å². The largest absolute Gasteiger partial charge is 0.508 e. The highest BCUT2D eigenvalue weighted by Gasteiger charge is 2.18. The van der Waals surface area contributed by atoms with E-state index >= 15 is 0 Å². The van der Waals surface area contributed by atoms with Gasteiger partial charge >= 0.3 is 12.1 Å². The minimum absolute atomic E-state index is 0.0586. The Morgan fingerprint density at radius 1 is 1.08 bits per heavy atom. The number of rotatable bonds is 7. The topological polar surface area (TPSA) is 79.7 Å². The molecule has 2 rings (SSSR count). The third-order valence-electron chi connectivity index (χ3n) is 3.44. The predicted octanol–water partition coefficient (Wildman–Crippen LogP) is 3.21. The summed E-state index contributed by atoms with van der Waals surface area (Å²) in [5.74, 6) is -0.527. The van der Waals surface area contributed by atoms with Crippen LogP contribution in [-0.2, 0) is 14.2 Å². The molecule has 1 atom stereocenters. The fourth-order valence-electron chi connectivity index (χ4n) is 2.22. The van der Waals surface area contributed by atoms with Crippen LogP contribution in [0.3, 0.4) is 0 Å². The summed E-state index contributed by atoms with van der Waals surface area (Å²) in [6, 6.07) is 9.71. The second-order valence-electron chi connectivity index (χ2n) is 5.67. The molecule has 25 heavy (non-hydrogen) atoms. The zero-order chi connectivity index (χ0) is 18.2. The first-order valence-electron chi connectivity index (χ1n) is 8.06. The lowest BCUT2D eigenvalue weighted by atomic mass is 10.1. The molecule has 2 aromatic rings. The Hall–Kier alpha value is -2.83. The molecule has 7 nitrogen and oxygen atoms in total. The molecule has 1 unspecified atom stereocenters. The van der Waals surface area contributed by atoms with E-state index in [2.05, 4.69) is 4.98 Å². The summed E-state index contributed by atoms with van der Waals surface area (Å²) < 4.78 is 16.5. The number of benzene rings is 1. The molecule has 0 amide bonds. The molecule has 0 bridgehead atoms. The number of aromatic nitrogens is 2. The number of carbonyl (C=O) groups is 2. The first-order valence-corrected chi connectivity index (χ1v) is 8.06. The quantitative estimate of drug-likeness (QED) is 0.566. The van der Waals surface area contributed by atoms with E-state index < -0.39 is 12.1 Å². The van der Waals surface area contributed by atoms with Crippen LogP contribution in [0.4, 0.5) is 4.79 Å². The zero-order valence-electron chi connectivity index (χ0n) is 14.5. The number of imidazole rings is 1. The van der Waals surface area contributed by atoms with Gasteiger partial charge in [0.2, 0.25) is 0 Å². The molecule has 0 N–H and O–H groups in total. The van der Waals surface area contributed by atoms with Gasteiger partial charge in [0.1, 0.15) is 18.9 Å². The molecule has 0 radical (unpaired) electrons. The van der Waals surface area contributed by atoms with Crippen LogP contribution in [-0.4, -0.2) is 41.0 Å². The number of ether oxygens (including phenoxy) is 3. The van der Waals surface area contributed by atoms with E-state index in [4.69, 9.17) is 14.2 Å². The number of hydrogen-bond acceptors (Lipinski definition) is 6. The van der Waals surface area contributed by atoms with E-state index in [9.17, 15) is 9.59 Å². The van der Waals surface area contributed by atoms with Crippen LogP contribution in [0.1, 0.15) is 42.9 Å². The van der Waals surface area contributed by atoms with Crippen molar-refractivity contribution in [2.45, 2.75) is 32.9 Å². The fourth-order valence-corrected chi connectivity index (χ4v) is 2.22. The fraction of sp³-hybridized carbons (Fsp3) is 0.389. The van der Waals surface area contributed by atoms with Crippen molar-refractivity contribution >= 4 is 12.1 Å². The smallest absolute Gasteiger partial charge is 0.457 e. The Morgan fingerprint density at radius 3 is 2.44 bits per heavy atom. The van der Waals surface area contributed by atoms with Gasteiger partial charge in [-0.2, -0.15) is 0 Å². The summed E-state index contributed by atoms with van der Waals surface area (Å²) in [5.41, 5.74) is 1.38. The second-order valence-corrected chi connectivity index (χ2v) is 5.67. The van der Waals surface area contributed by atoms with Gasteiger partial charge in [-0.25, -0.2) is 14.6 Å². The maximum Gasteiger partial charge on any atom is 0.508 e. The lowest BCUT2D eigenvalue weighted by Crippen LogP contribution is -2.19. The standard InChI is InChI=1S/C18H22N2O5/c1-13(2)25-18(22)24-10-9-23-17(21)16-11-19-12-20(16)14(3)15-7-5-4-6-8-15/h4-8,11-14H,9-10H2,1-3H3. The van der Waals surface area contributed by atoms with Crippen molar-refractivity contribution < 1.29 is 23.8 Å². The highest BCUT2D eigenvalue weighted by molar-refractivity contribution is 5.87. The average molecular weight is 346 g/mol. The van der Waals surface area contributed by atoms with Crippen LogP contribution in [0.25, 0.3) is 0 Å². The summed E-state index contributed by atoms with van der Waals surface area (Å²) in [5, 5.41) is 0. The summed E-state index contributed by atoms with van der Waals surface area (Å²) in [6.45, 7) is 5.28. The molecule has 1 aromatic carbocycles. The van der Waals surface area contributed by atoms with Crippen molar-refractivity contribution in [3.8, 4) is 0 Å². The van der Waals surface area contributed by atoms with Crippen molar-refractivity contribution in [1.82, 2.24) is 9.55 Å². The Kier molecular flexibility index (Phi) is 6.56. The third-order valence-corrected chi connectivity index (χ3v) is 3.44.